The van der Waals surface area contributed by atoms with Gasteiger partial charge in [-0.15, -0.1) is 24.0 Å². The number of guanidine groups is 1. The molecule has 28 heavy (non-hydrogen) atoms. The highest BCUT2D eigenvalue weighted by molar-refractivity contribution is 14.0. The first-order valence-corrected chi connectivity index (χ1v) is 10.1. The number of halogens is 1. The summed E-state index contributed by atoms with van der Waals surface area (Å²) in [4.78, 5) is 6.85. The highest BCUT2D eigenvalue weighted by Gasteiger charge is 2.53. The Bertz CT molecular complexity index is 652. The molecule has 0 bridgehead atoms. The molecule has 0 unspecified atom stereocenters. The Kier molecular flexibility index (Phi) is 8.16. The molecule has 2 saturated heterocycles. The van der Waals surface area contributed by atoms with Gasteiger partial charge in [0.25, 0.3) is 0 Å². The number of hydrogen-bond acceptors (Lipinski definition) is 3. The van der Waals surface area contributed by atoms with E-state index in [1.165, 1.54) is 11.1 Å². The first kappa shape index (κ1) is 23.4. The standard InChI is InChI=1S/C22H35N3O2.HI/c1-21(2)16-25(22(21,3)4)20(23-5)24-14-17-6-8-18(9-7-17)15-27-19-10-12-26-13-11-19;/h6-9,19H,10-16H2,1-5H3,(H,23,24);1H. The van der Waals surface area contributed by atoms with Crippen LogP contribution in [0.4, 0.5) is 0 Å². The van der Waals surface area contributed by atoms with Crippen molar-refractivity contribution in [2.75, 3.05) is 26.8 Å². The first-order valence-electron chi connectivity index (χ1n) is 10.1. The number of benzene rings is 1. The minimum atomic E-state index is 0. The smallest absolute Gasteiger partial charge is 0.194 e. The summed E-state index contributed by atoms with van der Waals surface area (Å²) in [6, 6.07) is 8.67. The second-order valence-electron chi connectivity index (χ2n) is 8.87. The molecule has 0 spiro atoms. The van der Waals surface area contributed by atoms with Crippen LogP contribution in [0, 0.1) is 5.41 Å². The second kappa shape index (κ2) is 9.76. The van der Waals surface area contributed by atoms with E-state index in [4.69, 9.17) is 9.47 Å². The van der Waals surface area contributed by atoms with Crippen LogP contribution in [0.5, 0.6) is 0 Å². The van der Waals surface area contributed by atoms with E-state index in [9.17, 15) is 0 Å². The van der Waals surface area contributed by atoms with Gasteiger partial charge >= 0.3 is 0 Å². The molecule has 1 aromatic carbocycles. The Labute approximate surface area is 187 Å². The van der Waals surface area contributed by atoms with Crippen LogP contribution in [-0.4, -0.2) is 49.3 Å². The minimum absolute atomic E-state index is 0. The number of rotatable bonds is 5. The molecule has 0 aliphatic carbocycles. The first-order chi connectivity index (χ1) is 12.8. The third-order valence-corrected chi connectivity index (χ3v) is 6.48. The van der Waals surface area contributed by atoms with Crippen molar-refractivity contribution in [2.45, 2.75) is 65.3 Å². The summed E-state index contributed by atoms with van der Waals surface area (Å²) in [7, 11) is 1.86. The number of ether oxygens (including phenoxy) is 2. The summed E-state index contributed by atoms with van der Waals surface area (Å²) in [6.45, 7) is 13.3. The molecule has 5 nitrogen and oxygen atoms in total. The van der Waals surface area contributed by atoms with Crippen LogP contribution in [-0.2, 0) is 22.6 Å². The van der Waals surface area contributed by atoms with Gasteiger partial charge in [0, 0.05) is 44.3 Å². The summed E-state index contributed by atoms with van der Waals surface area (Å²) < 4.78 is 11.4. The molecule has 2 fully saturated rings. The Balaban J connectivity index is 0.00000280. The summed E-state index contributed by atoms with van der Waals surface area (Å²) in [5.74, 6) is 0.978. The molecule has 0 radical (unpaired) electrons. The Morgan fingerprint density at radius 1 is 1.14 bits per heavy atom. The lowest BCUT2D eigenvalue weighted by atomic mass is 9.65. The Hall–Kier alpha value is -0.860. The maximum Gasteiger partial charge on any atom is 0.194 e. The molecule has 158 valence electrons. The lowest BCUT2D eigenvalue weighted by Gasteiger charge is -2.62. The predicted octanol–water partition coefficient (Wildman–Crippen LogP) is 4.20. The number of hydrogen-bond donors (Lipinski definition) is 1. The number of nitrogens with one attached hydrogen (secondary N) is 1. The van der Waals surface area contributed by atoms with E-state index < -0.39 is 0 Å². The fourth-order valence-electron chi connectivity index (χ4n) is 3.69. The van der Waals surface area contributed by atoms with E-state index in [0.29, 0.717) is 18.1 Å². The van der Waals surface area contributed by atoms with Gasteiger partial charge in [-0.3, -0.25) is 4.99 Å². The van der Waals surface area contributed by atoms with E-state index in [-0.39, 0.29) is 29.5 Å². The van der Waals surface area contributed by atoms with Gasteiger partial charge in [-0.05, 0) is 37.8 Å². The summed E-state index contributed by atoms with van der Waals surface area (Å²) in [6.07, 6.45) is 2.35. The highest BCUT2D eigenvalue weighted by atomic mass is 127. The molecule has 6 heteroatoms. The molecule has 1 N–H and O–H groups in total. The monoisotopic (exact) mass is 501 g/mol. The number of nitrogens with zero attached hydrogens (tertiary/aromatic N) is 2. The molecular weight excluding hydrogens is 465 g/mol. The van der Waals surface area contributed by atoms with Crippen molar-refractivity contribution in [2.24, 2.45) is 10.4 Å². The van der Waals surface area contributed by atoms with E-state index in [1.807, 2.05) is 7.05 Å². The van der Waals surface area contributed by atoms with Crippen molar-refractivity contribution in [3.63, 3.8) is 0 Å². The molecule has 2 aliphatic heterocycles. The van der Waals surface area contributed by atoms with Crippen LogP contribution in [0.25, 0.3) is 0 Å². The maximum absolute atomic E-state index is 6.00. The van der Waals surface area contributed by atoms with E-state index in [2.05, 4.69) is 67.2 Å². The van der Waals surface area contributed by atoms with Crippen molar-refractivity contribution in [3.05, 3.63) is 35.4 Å². The van der Waals surface area contributed by atoms with Gasteiger partial charge in [-0.25, -0.2) is 0 Å². The topological polar surface area (TPSA) is 46.1 Å². The zero-order chi connectivity index (χ0) is 19.5. The van der Waals surface area contributed by atoms with E-state index >= 15 is 0 Å². The molecule has 2 aliphatic rings. The molecule has 0 aromatic heterocycles. The van der Waals surface area contributed by atoms with Crippen molar-refractivity contribution in [3.8, 4) is 0 Å². The SMILES string of the molecule is CN=C(NCc1ccc(COC2CCOCC2)cc1)N1CC(C)(C)C1(C)C.I. The average molecular weight is 501 g/mol. The maximum atomic E-state index is 6.00. The third kappa shape index (κ3) is 5.19. The van der Waals surface area contributed by atoms with Gasteiger partial charge in [0.1, 0.15) is 0 Å². The fraction of sp³-hybridized carbons (Fsp3) is 0.682. The fourth-order valence-corrected chi connectivity index (χ4v) is 3.69. The van der Waals surface area contributed by atoms with Crippen LogP contribution in [0.1, 0.15) is 51.7 Å². The molecule has 2 heterocycles. The Morgan fingerprint density at radius 3 is 2.29 bits per heavy atom. The van der Waals surface area contributed by atoms with Crippen LogP contribution in [0.15, 0.2) is 29.3 Å². The molecular formula is C22H36IN3O2. The van der Waals surface area contributed by atoms with Crippen molar-refractivity contribution >= 4 is 29.9 Å². The lowest BCUT2D eigenvalue weighted by Crippen LogP contribution is -2.72. The molecule has 1 aromatic rings. The van der Waals surface area contributed by atoms with Gasteiger partial charge in [0.2, 0.25) is 0 Å². The van der Waals surface area contributed by atoms with Gasteiger partial charge in [-0.2, -0.15) is 0 Å². The normalized spacial score (nSPS) is 21.6. The van der Waals surface area contributed by atoms with Crippen molar-refractivity contribution in [1.82, 2.24) is 10.2 Å². The quantitative estimate of drug-likeness (QED) is 0.374. The van der Waals surface area contributed by atoms with Crippen molar-refractivity contribution < 1.29 is 9.47 Å². The molecule has 0 atom stereocenters. The number of likely N-dealkylation sites (tertiary alicyclic amines) is 1. The van der Waals surface area contributed by atoms with E-state index in [0.717, 1.165) is 45.1 Å². The highest BCUT2D eigenvalue weighted by Crippen LogP contribution is 2.46. The predicted molar refractivity (Wildman–Crippen MR) is 125 cm³/mol. The van der Waals surface area contributed by atoms with Crippen LogP contribution in [0.3, 0.4) is 0 Å². The van der Waals surface area contributed by atoms with Gasteiger partial charge < -0.3 is 19.7 Å². The Morgan fingerprint density at radius 2 is 1.75 bits per heavy atom. The largest absolute Gasteiger partial charge is 0.381 e. The van der Waals surface area contributed by atoms with Crippen LogP contribution in [0.2, 0.25) is 0 Å². The lowest BCUT2D eigenvalue weighted by molar-refractivity contribution is -0.0667. The summed E-state index contributed by atoms with van der Waals surface area (Å²) in [5.41, 5.74) is 2.89. The second-order valence-corrected chi connectivity index (χ2v) is 8.87. The number of aliphatic imine (C=N–C) groups is 1. The molecule has 0 amide bonds. The summed E-state index contributed by atoms with van der Waals surface area (Å²) in [5, 5.41) is 3.51. The minimum Gasteiger partial charge on any atom is -0.381 e. The van der Waals surface area contributed by atoms with Crippen LogP contribution >= 0.6 is 24.0 Å². The van der Waals surface area contributed by atoms with Crippen molar-refractivity contribution in [1.29, 1.82) is 0 Å². The van der Waals surface area contributed by atoms with E-state index in [1.54, 1.807) is 0 Å². The van der Waals surface area contributed by atoms with Gasteiger partial charge in [0.15, 0.2) is 5.96 Å². The summed E-state index contributed by atoms with van der Waals surface area (Å²) >= 11 is 0. The van der Waals surface area contributed by atoms with Crippen LogP contribution < -0.4 is 5.32 Å². The molecule has 0 saturated carbocycles. The average Bonchev–Trinajstić information content (AvgIpc) is 2.67. The third-order valence-electron chi connectivity index (χ3n) is 6.48. The van der Waals surface area contributed by atoms with Gasteiger partial charge in [0.05, 0.1) is 12.7 Å². The van der Waals surface area contributed by atoms with Gasteiger partial charge in [-0.1, -0.05) is 38.1 Å². The molecule has 3 rings (SSSR count). The zero-order valence-electron chi connectivity index (χ0n) is 18.0. The zero-order valence-corrected chi connectivity index (χ0v) is 20.3.